The summed E-state index contributed by atoms with van der Waals surface area (Å²) >= 11 is 0. The van der Waals surface area contributed by atoms with Crippen LogP contribution < -0.4 is 0 Å². The number of nitrogens with zero attached hydrogens (tertiary/aromatic N) is 2. The Morgan fingerprint density at radius 1 is 1.33 bits per heavy atom. The molecular weight excluding hydrogens is 311 g/mol. The van der Waals surface area contributed by atoms with Gasteiger partial charge < -0.3 is 10.0 Å². The van der Waals surface area contributed by atoms with Gasteiger partial charge in [0, 0.05) is 24.3 Å². The van der Waals surface area contributed by atoms with Crippen molar-refractivity contribution >= 4 is 11.9 Å². The summed E-state index contributed by atoms with van der Waals surface area (Å²) in [5.74, 6) is -1.51. The predicted octanol–water partition coefficient (Wildman–Crippen LogP) is 2.67. The Bertz CT molecular complexity index is 803. The first-order valence-corrected chi connectivity index (χ1v) is 7.73. The molecule has 0 fully saturated rings. The molecule has 124 valence electrons. The van der Waals surface area contributed by atoms with Crippen molar-refractivity contribution in [2.75, 3.05) is 13.1 Å². The fourth-order valence-corrected chi connectivity index (χ4v) is 2.95. The van der Waals surface area contributed by atoms with Gasteiger partial charge in [0.2, 0.25) is 0 Å². The molecule has 2 aromatic rings. The van der Waals surface area contributed by atoms with Crippen molar-refractivity contribution in [2.45, 2.75) is 19.8 Å². The number of halogens is 1. The number of benzene rings is 1. The Balaban J connectivity index is 2.03. The molecule has 0 aliphatic carbocycles. The summed E-state index contributed by atoms with van der Waals surface area (Å²) < 4.78 is 13.2. The Labute approximate surface area is 138 Å². The van der Waals surface area contributed by atoms with Gasteiger partial charge in [-0.25, -0.2) is 4.39 Å². The topological polar surface area (TPSA) is 70.5 Å². The number of amides is 1. The first-order valence-electron chi connectivity index (χ1n) is 7.73. The Morgan fingerprint density at radius 2 is 2.04 bits per heavy atom. The first-order chi connectivity index (χ1) is 11.5. The minimum atomic E-state index is -0.936. The van der Waals surface area contributed by atoms with Crippen molar-refractivity contribution in [1.82, 2.24) is 9.88 Å². The third-order valence-electron chi connectivity index (χ3n) is 4.09. The molecule has 5 nitrogen and oxygen atoms in total. The number of aliphatic carboxylic acids is 1. The number of carbonyl (C=O) groups is 2. The number of hydrogen-bond donors (Lipinski definition) is 1. The molecule has 1 aromatic heterocycles. The second-order valence-corrected chi connectivity index (χ2v) is 5.84. The van der Waals surface area contributed by atoms with Crippen LogP contribution in [0.5, 0.6) is 0 Å². The Kier molecular flexibility index (Phi) is 4.29. The summed E-state index contributed by atoms with van der Waals surface area (Å²) in [5, 5.41) is 8.83. The van der Waals surface area contributed by atoms with Crippen LogP contribution in [0.3, 0.4) is 0 Å². The summed E-state index contributed by atoms with van der Waals surface area (Å²) in [6.07, 6.45) is 0.560. The SMILES string of the molecule is Cc1cc2c(c(-c3ccc(F)cc3)n1)C(=O)N(CCC(=O)O)CC2. The van der Waals surface area contributed by atoms with E-state index >= 15 is 0 Å². The molecular formula is C18H17FN2O3. The highest BCUT2D eigenvalue weighted by Gasteiger charge is 2.28. The second-order valence-electron chi connectivity index (χ2n) is 5.84. The number of pyridine rings is 1. The molecule has 3 rings (SSSR count). The molecule has 0 bridgehead atoms. The van der Waals surface area contributed by atoms with Crippen molar-refractivity contribution in [1.29, 1.82) is 0 Å². The van der Waals surface area contributed by atoms with Crippen LogP contribution in [-0.4, -0.2) is 40.0 Å². The van der Waals surface area contributed by atoms with Gasteiger partial charge >= 0.3 is 5.97 Å². The van der Waals surface area contributed by atoms with Crippen molar-refractivity contribution in [3.05, 3.63) is 53.0 Å². The smallest absolute Gasteiger partial charge is 0.305 e. The van der Waals surface area contributed by atoms with Crippen LogP contribution in [0.4, 0.5) is 4.39 Å². The van der Waals surface area contributed by atoms with Gasteiger partial charge in [0.15, 0.2) is 0 Å². The van der Waals surface area contributed by atoms with Crippen molar-refractivity contribution in [3.63, 3.8) is 0 Å². The number of carbonyl (C=O) groups excluding carboxylic acids is 1. The molecule has 1 N–H and O–H groups in total. The first kappa shape index (κ1) is 16.1. The lowest BCUT2D eigenvalue weighted by molar-refractivity contribution is -0.137. The van der Waals surface area contributed by atoms with Crippen LogP contribution in [-0.2, 0) is 11.2 Å². The van der Waals surface area contributed by atoms with E-state index in [0.717, 1.165) is 11.3 Å². The number of aryl methyl sites for hydroxylation is 1. The molecule has 0 unspecified atom stereocenters. The lowest BCUT2D eigenvalue weighted by Gasteiger charge is -2.29. The summed E-state index contributed by atoms with van der Waals surface area (Å²) in [5.41, 5.74) is 3.38. The summed E-state index contributed by atoms with van der Waals surface area (Å²) in [6.45, 7) is 2.52. The van der Waals surface area contributed by atoms with Gasteiger partial charge in [-0.1, -0.05) is 0 Å². The maximum absolute atomic E-state index is 13.2. The predicted molar refractivity (Wildman–Crippen MR) is 86.2 cm³/mol. The van der Waals surface area contributed by atoms with Crippen LogP contribution in [0.1, 0.15) is 28.0 Å². The third-order valence-corrected chi connectivity index (χ3v) is 4.09. The molecule has 6 heteroatoms. The number of hydrogen-bond acceptors (Lipinski definition) is 3. The van der Waals surface area contributed by atoms with Gasteiger partial charge in [-0.3, -0.25) is 14.6 Å². The standard InChI is InChI=1S/C18H17FN2O3/c1-11-10-13-6-8-21(9-7-15(22)23)18(24)16(13)17(20-11)12-2-4-14(19)5-3-12/h2-5,10H,6-9H2,1H3,(H,22,23). The van der Waals surface area contributed by atoms with E-state index in [4.69, 9.17) is 5.11 Å². The highest BCUT2D eigenvalue weighted by Crippen LogP contribution is 2.30. The largest absolute Gasteiger partial charge is 0.481 e. The van der Waals surface area contributed by atoms with Crippen molar-refractivity contribution < 1.29 is 19.1 Å². The van der Waals surface area contributed by atoms with Gasteiger partial charge in [-0.2, -0.15) is 0 Å². The van der Waals surface area contributed by atoms with E-state index in [1.54, 1.807) is 17.0 Å². The molecule has 0 saturated carbocycles. The summed E-state index contributed by atoms with van der Waals surface area (Å²) in [6, 6.07) is 7.75. The van der Waals surface area contributed by atoms with Gasteiger partial charge in [-0.15, -0.1) is 0 Å². The fraction of sp³-hybridized carbons (Fsp3) is 0.278. The minimum absolute atomic E-state index is 0.0910. The van der Waals surface area contributed by atoms with Crippen LogP contribution in [0, 0.1) is 12.7 Å². The summed E-state index contributed by atoms with van der Waals surface area (Å²) in [4.78, 5) is 29.6. The number of aromatic nitrogens is 1. The van der Waals surface area contributed by atoms with Crippen LogP contribution in [0.25, 0.3) is 11.3 Å². The van der Waals surface area contributed by atoms with E-state index in [0.29, 0.717) is 29.8 Å². The van der Waals surface area contributed by atoms with Crippen molar-refractivity contribution in [2.24, 2.45) is 0 Å². The number of carboxylic acid groups (broad SMARTS) is 1. The molecule has 0 radical (unpaired) electrons. The third kappa shape index (κ3) is 3.13. The van der Waals surface area contributed by atoms with Gasteiger partial charge in [-0.05, 0) is 49.2 Å². The van der Waals surface area contributed by atoms with Gasteiger partial charge in [0.05, 0.1) is 17.7 Å². The maximum atomic E-state index is 13.2. The lowest BCUT2D eigenvalue weighted by atomic mass is 9.94. The molecule has 2 heterocycles. The lowest BCUT2D eigenvalue weighted by Crippen LogP contribution is -2.39. The van der Waals surface area contributed by atoms with E-state index in [2.05, 4.69) is 4.98 Å². The normalized spacial score (nSPS) is 13.8. The van der Waals surface area contributed by atoms with Crippen LogP contribution in [0.2, 0.25) is 0 Å². The van der Waals surface area contributed by atoms with Gasteiger partial charge in [0.25, 0.3) is 5.91 Å². The molecule has 0 spiro atoms. The molecule has 1 aliphatic rings. The molecule has 1 amide bonds. The zero-order chi connectivity index (χ0) is 17.3. The van der Waals surface area contributed by atoms with Gasteiger partial charge in [0.1, 0.15) is 5.82 Å². The second kappa shape index (κ2) is 6.39. The van der Waals surface area contributed by atoms with Crippen molar-refractivity contribution in [3.8, 4) is 11.3 Å². The zero-order valence-electron chi connectivity index (χ0n) is 13.3. The number of carboxylic acids is 1. The molecule has 1 aromatic carbocycles. The fourth-order valence-electron chi connectivity index (χ4n) is 2.95. The van der Waals surface area contributed by atoms with Crippen LogP contribution in [0.15, 0.2) is 30.3 Å². The van der Waals surface area contributed by atoms with E-state index in [-0.39, 0.29) is 24.7 Å². The number of rotatable bonds is 4. The monoisotopic (exact) mass is 328 g/mol. The highest BCUT2D eigenvalue weighted by molar-refractivity contribution is 6.02. The molecule has 1 aliphatic heterocycles. The Morgan fingerprint density at radius 3 is 2.71 bits per heavy atom. The minimum Gasteiger partial charge on any atom is -0.481 e. The van der Waals surface area contributed by atoms with E-state index in [1.807, 2.05) is 13.0 Å². The highest BCUT2D eigenvalue weighted by atomic mass is 19.1. The van der Waals surface area contributed by atoms with E-state index in [1.165, 1.54) is 12.1 Å². The average molecular weight is 328 g/mol. The van der Waals surface area contributed by atoms with E-state index < -0.39 is 5.97 Å². The van der Waals surface area contributed by atoms with E-state index in [9.17, 15) is 14.0 Å². The maximum Gasteiger partial charge on any atom is 0.305 e. The number of fused-ring (bicyclic) bond motifs is 1. The zero-order valence-corrected chi connectivity index (χ0v) is 13.3. The molecule has 0 saturated heterocycles. The Hall–Kier alpha value is -2.76. The average Bonchev–Trinajstić information content (AvgIpc) is 2.54. The molecule has 24 heavy (non-hydrogen) atoms. The molecule has 0 atom stereocenters. The summed E-state index contributed by atoms with van der Waals surface area (Å²) in [7, 11) is 0. The quantitative estimate of drug-likeness (QED) is 0.937. The van der Waals surface area contributed by atoms with Crippen LogP contribution >= 0.6 is 0 Å².